The summed E-state index contributed by atoms with van der Waals surface area (Å²) in [6.07, 6.45) is -4.17. The van der Waals surface area contributed by atoms with Crippen molar-refractivity contribution < 1.29 is 31.5 Å². The molecule has 2 amide bonds. The molecule has 1 aromatic carbocycles. The highest BCUT2D eigenvalue weighted by Crippen LogP contribution is 2.33. The number of nitrogens with zero attached hydrogens (tertiary/aromatic N) is 1. The number of amides is 2. The lowest BCUT2D eigenvalue weighted by Gasteiger charge is -2.33. The Morgan fingerprint density at radius 1 is 1.30 bits per heavy atom. The Morgan fingerprint density at radius 3 is 2.65 bits per heavy atom. The summed E-state index contributed by atoms with van der Waals surface area (Å²) in [5.74, 6) is -1.82. The van der Waals surface area contributed by atoms with E-state index >= 15 is 0 Å². The van der Waals surface area contributed by atoms with Crippen molar-refractivity contribution in [3.8, 4) is 5.75 Å². The molecule has 0 bridgehead atoms. The second kappa shape index (κ2) is 7.01. The number of hydrogen-bond donors (Lipinski definition) is 1. The van der Waals surface area contributed by atoms with E-state index in [0.29, 0.717) is 0 Å². The molecule has 0 aromatic heterocycles. The fourth-order valence-corrected chi connectivity index (χ4v) is 2.39. The van der Waals surface area contributed by atoms with Crippen molar-refractivity contribution in [2.45, 2.75) is 25.6 Å². The molecule has 23 heavy (non-hydrogen) atoms. The summed E-state index contributed by atoms with van der Waals surface area (Å²) in [4.78, 5) is 13.1. The minimum absolute atomic E-state index is 0.0214. The van der Waals surface area contributed by atoms with Crippen LogP contribution in [0.25, 0.3) is 0 Å². The second-order valence-corrected chi connectivity index (χ2v) is 5.13. The first-order valence-electron chi connectivity index (χ1n) is 6.94. The highest BCUT2D eigenvalue weighted by atomic mass is 19.4. The van der Waals surface area contributed by atoms with Gasteiger partial charge in [0, 0.05) is 13.1 Å². The number of anilines is 1. The molecule has 1 N–H and O–H groups in total. The summed E-state index contributed by atoms with van der Waals surface area (Å²) in [6.45, 7) is -3.35. The average Bonchev–Trinajstić information content (AvgIpc) is 2.48. The van der Waals surface area contributed by atoms with E-state index in [1.165, 1.54) is 24.3 Å². The van der Waals surface area contributed by atoms with Gasteiger partial charge < -0.3 is 15.0 Å². The lowest BCUT2D eigenvalue weighted by Crippen LogP contribution is -2.46. The van der Waals surface area contributed by atoms with Gasteiger partial charge in [0.1, 0.15) is 5.75 Å². The molecule has 1 aliphatic rings. The van der Waals surface area contributed by atoms with Crippen LogP contribution >= 0.6 is 0 Å². The van der Waals surface area contributed by atoms with Crippen molar-refractivity contribution >= 4 is 11.7 Å². The van der Waals surface area contributed by atoms with Gasteiger partial charge in [0.15, 0.2) is 0 Å². The normalized spacial score (nSPS) is 18.9. The zero-order chi connectivity index (χ0) is 17.0. The monoisotopic (exact) mass is 338 g/mol. The fraction of sp³-hybridized carbons (Fsp3) is 0.500. The Morgan fingerprint density at radius 2 is 2.00 bits per heavy atom. The molecule has 1 fully saturated rings. The van der Waals surface area contributed by atoms with E-state index in [1.54, 1.807) is 0 Å². The van der Waals surface area contributed by atoms with E-state index in [0.717, 1.165) is 4.90 Å². The molecule has 0 aliphatic carbocycles. The molecule has 0 radical (unpaired) electrons. The van der Waals surface area contributed by atoms with Crippen LogP contribution in [0.3, 0.4) is 0 Å². The predicted octanol–water partition coefficient (Wildman–Crippen LogP) is 4.09. The first-order chi connectivity index (χ1) is 10.8. The Balaban J connectivity index is 2.04. The minimum atomic E-state index is -4.37. The maximum atomic E-state index is 12.8. The van der Waals surface area contributed by atoms with Crippen molar-refractivity contribution in [3.05, 3.63) is 24.3 Å². The van der Waals surface area contributed by atoms with Gasteiger partial charge in [0.2, 0.25) is 0 Å². The molecule has 1 aliphatic heterocycles. The van der Waals surface area contributed by atoms with Crippen LogP contribution in [-0.4, -0.2) is 36.8 Å². The lowest BCUT2D eigenvalue weighted by molar-refractivity contribution is -0.183. The largest absolute Gasteiger partial charge is 0.433 e. The number of alkyl halides is 5. The number of piperidine rings is 1. The van der Waals surface area contributed by atoms with Gasteiger partial charge in [-0.25, -0.2) is 4.79 Å². The summed E-state index contributed by atoms with van der Waals surface area (Å²) >= 11 is 0. The maximum Gasteiger partial charge on any atom is 0.393 e. The zero-order valence-corrected chi connectivity index (χ0v) is 11.9. The number of nitrogens with one attached hydrogen (secondary N) is 1. The number of rotatable bonds is 3. The summed E-state index contributed by atoms with van der Waals surface area (Å²) < 4.78 is 67.1. The molecule has 1 atom stereocenters. The lowest BCUT2D eigenvalue weighted by atomic mass is 9.98. The van der Waals surface area contributed by atoms with Crippen molar-refractivity contribution in [1.82, 2.24) is 4.90 Å². The van der Waals surface area contributed by atoms with E-state index in [1.807, 2.05) is 0 Å². The minimum Gasteiger partial charge on any atom is -0.433 e. The number of hydrogen-bond acceptors (Lipinski definition) is 2. The van der Waals surface area contributed by atoms with Gasteiger partial charge >= 0.3 is 18.8 Å². The third-order valence-corrected chi connectivity index (χ3v) is 3.52. The van der Waals surface area contributed by atoms with Gasteiger partial charge in [-0.05, 0) is 25.0 Å². The molecule has 1 saturated heterocycles. The van der Waals surface area contributed by atoms with Crippen molar-refractivity contribution in [2.24, 2.45) is 5.92 Å². The maximum absolute atomic E-state index is 12.8. The number of carbonyl (C=O) groups excluding carboxylic acids is 1. The summed E-state index contributed by atoms with van der Waals surface area (Å²) in [7, 11) is 0. The molecule has 1 heterocycles. The smallest absolute Gasteiger partial charge is 0.393 e. The first kappa shape index (κ1) is 17.3. The number of ether oxygens (including phenoxy) is 1. The number of halogens is 5. The summed E-state index contributed by atoms with van der Waals surface area (Å²) in [5, 5.41) is 2.32. The molecule has 0 saturated carbocycles. The van der Waals surface area contributed by atoms with Crippen LogP contribution in [0.2, 0.25) is 0 Å². The van der Waals surface area contributed by atoms with Gasteiger partial charge in [0.25, 0.3) is 0 Å². The Hall–Kier alpha value is -2.06. The molecule has 1 aromatic rings. The van der Waals surface area contributed by atoms with E-state index in [4.69, 9.17) is 0 Å². The summed E-state index contributed by atoms with van der Waals surface area (Å²) in [5.41, 5.74) is -0.0214. The van der Waals surface area contributed by atoms with E-state index in [2.05, 4.69) is 10.1 Å². The molecular formula is C14H15F5N2O2. The van der Waals surface area contributed by atoms with Gasteiger partial charge in [-0.3, -0.25) is 0 Å². The quantitative estimate of drug-likeness (QED) is 0.844. The van der Waals surface area contributed by atoms with Gasteiger partial charge in [-0.1, -0.05) is 12.1 Å². The number of likely N-dealkylation sites (tertiary alicyclic amines) is 1. The van der Waals surface area contributed by atoms with Crippen molar-refractivity contribution in [1.29, 1.82) is 0 Å². The summed E-state index contributed by atoms with van der Waals surface area (Å²) in [6, 6.07) is 4.72. The second-order valence-electron chi connectivity index (χ2n) is 5.13. The Bertz CT molecular complexity index is 550. The van der Waals surface area contributed by atoms with Crippen LogP contribution in [0, 0.1) is 5.92 Å². The SMILES string of the molecule is O=C(Nc1ccccc1OC(F)F)N1CCCC(C(F)(F)F)C1. The molecule has 2 rings (SSSR count). The molecule has 128 valence electrons. The number of para-hydroxylation sites is 2. The van der Waals surface area contributed by atoms with Crippen LogP contribution in [-0.2, 0) is 0 Å². The molecule has 0 spiro atoms. The number of benzene rings is 1. The zero-order valence-electron chi connectivity index (χ0n) is 11.9. The molecular weight excluding hydrogens is 323 g/mol. The average molecular weight is 338 g/mol. The van der Waals surface area contributed by atoms with Crippen LogP contribution < -0.4 is 10.1 Å². The predicted molar refractivity (Wildman–Crippen MR) is 72.4 cm³/mol. The van der Waals surface area contributed by atoms with Crippen LogP contribution in [0.1, 0.15) is 12.8 Å². The van der Waals surface area contributed by atoms with E-state index in [9.17, 15) is 26.7 Å². The molecule has 1 unspecified atom stereocenters. The highest BCUT2D eigenvalue weighted by molar-refractivity contribution is 5.91. The third kappa shape index (κ3) is 4.70. The topological polar surface area (TPSA) is 41.6 Å². The Labute approximate surface area is 129 Å². The standard InChI is InChI=1S/C14H15F5N2O2/c15-12(16)23-11-6-2-1-5-10(11)20-13(22)21-7-3-4-9(8-21)14(17,18)19/h1-2,5-6,9,12H,3-4,7-8H2,(H,20,22). The van der Waals surface area contributed by atoms with Crippen LogP contribution in [0.5, 0.6) is 5.75 Å². The van der Waals surface area contributed by atoms with Crippen molar-refractivity contribution in [2.75, 3.05) is 18.4 Å². The third-order valence-electron chi connectivity index (χ3n) is 3.52. The molecule has 4 nitrogen and oxygen atoms in total. The number of urea groups is 1. The van der Waals surface area contributed by atoms with Crippen LogP contribution in [0.4, 0.5) is 32.4 Å². The van der Waals surface area contributed by atoms with Gasteiger partial charge in [0.05, 0.1) is 11.6 Å². The van der Waals surface area contributed by atoms with Gasteiger partial charge in [-0.15, -0.1) is 0 Å². The van der Waals surface area contributed by atoms with Crippen LogP contribution in [0.15, 0.2) is 24.3 Å². The molecule has 9 heteroatoms. The highest BCUT2D eigenvalue weighted by Gasteiger charge is 2.42. The van der Waals surface area contributed by atoms with Crippen molar-refractivity contribution in [3.63, 3.8) is 0 Å². The Kier molecular flexibility index (Phi) is 5.27. The van der Waals surface area contributed by atoms with E-state index in [-0.39, 0.29) is 30.8 Å². The van der Waals surface area contributed by atoms with E-state index < -0.39 is 31.3 Å². The fourth-order valence-electron chi connectivity index (χ4n) is 2.39. The number of carbonyl (C=O) groups is 1. The first-order valence-corrected chi connectivity index (χ1v) is 6.94. The van der Waals surface area contributed by atoms with Gasteiger partial charge in [-0.2, -0.15) is 22.0 Å².